The summed E-state index contributed by atoms with van der Waals surface area (Å²) in [6.45, 7) is 0.135. The topological polar surface area (TPSA) is 68.5 Å². The van der Waals surface area contributed by atoms with Crippen molar-refractivity contribution < 1.29 is 19.0 Å². The van der Waals surface area contributed by atoms with Gasteiger partial charge in [0.25, 0.3) is 0 Å². The molecule has 0 amide bonds. The lowest BCUT2D eigenvalue weighted by Gasteiger charge is -2.05. The average molecular weight is 357 g/mol. The Morgan fingerprint density at radius 3 is 2.63 bits per heavy atom. The van der Waals surface area contributed by atoms with Crippen LogP contribution in [-0.4, -0.2) is 19.7 Å². The van der Waals surface area contributed by atoms with Crippen molar-refractivity contribution in [3.05, 3.63) is 71.3 Å². The van der Waals surface area contributed by atoms with E-state index in [0.29, 0.717) is 17.1 Å². The number of rotatable bonds is 4. The number of hydrogen-bond donors (Lipinski definition) is 0. The van der Waals surface area contributed by atoms with E-state index in [1.807, 2.05) is 42.5 Å². The first-order valence-corrected chi connectivity index (χ1v) is 8.32. The van der Waals surface area contributed by atoms with E-state index in [4.69, 9.17) is 14.2 Å². The molecule has 0 saturated heterocycles. The van der Waals surface area contributed by atoms with Gasteiger partial charge in [-0.15, -0.1) is 0 Å². The van der Waals surface area contributed by atoms with Crippen LogP contribution in [0.15, 0.2) is 60.2 Å². The zero-order valence-electron chi connectivity index (χ0n) is 14.6. The second-order valence-electron chi connectivity index (χ2n) is 6.04. The summed E-state index contributed by atoms with van der Waals surface area (Å²) in [5, 5.41) is 11.5. The fourth-order valence-corrected chi connectivity index (χ4v) is 2.97. The second kappa shape index (κ2) is 6.85. The van der Waals surface area contributed by atoms with E-state index >= 15 is 0 Å². The highest BCUT2D eigenvalue weighted by atomic mass is 16.7. The van der Waals surface area contributed by atoms with Gasteiger partial charge in [0.2, 0.25) is 12.6 Å². The minimum absolute atomic E-state index is 0.0572. The fourth-order valence-electron chi connectivity index (χ4n) is 2.97. The SMILES string of the molecule is COc1ccc2cc(/C=C(/C#N)C(=O)c3ccc4c(c3)OCO4)ccc2c1. The quantitative estimate of drug-likeness (QED) is 0.394. The highest BCUT2D eigenvalue weighted by molar-refractivity contribution is 6.14. The molecule has 0 fully saturated rings. The summed E-state index contributed by atoms with van der Waals surface area (Å²) in [4.78, 5) is 12.7. The molecule has 4 rings (SSSR count). The standard InChI is InChI=1S/C22H15NO4/c1-25-19-6-4-15-8-14(2-3-16(15)10-19)9-18(12-23)22(24)17-5-7-20-21(11-17)27-13-26-20/h2-11H,13H2,1H3/b18-9-. The van der Waals surface area contributed by atoms with E-state index in [1.54, 1.807) is 31.4 Å². The molecule has 5 heteroatoms. The largest absolute Gasteiger partial charge is 0.497 e. The van der Waals surface area contributed by atoms with Gasteiger partial charge in [0.15, 0.2) is 11.5 Å². The van der Waals surface area contributed by atoms with Gasteiger partial charge in [-0.25, -0.2) is 0 Å². The number of carbonyl (C=O) groups excluding carboxylic acids is 1. The molecule has 5 nitrogen and oxygen atoms in total. The molecule has 0 aliphatic carbocycles. The van der Waals surface area contributed by atoms with Crippen LogP contribution >= 0.6 is 0 Å². The third-order valence-corrected chi connectivity index (χ3v) is 4.38. The maximum atomic E-state index is 12.7. The minimum Gasteiger partial charge on any atom is -0.497 e. The Labute approximate surface area is 156 Å². The first-order chi connectivity index (χ1) is 13.2. The predicted octanol–water partition coefficient (Wildman–Crippen LogP) is 4.37. The first kappa shape index (κ1) is 16.7. The second-order valence-corrected chi connectivity index (χ2v) is 6.04. The Bertz CT molecular complexity index is 1120. The predicted molar refractivity (Wildman–Crippen MR) is 101 cm³/mol. The molecule has 1 aliphatic rings. The van der Waals surface area contributed by atoms with Crippen molar-refractivity contribution in [1.82, 2.24) is 0 Å². The molecule has 1 heterocycles. The first-order valence-electron chi connectivity index (χ1n) is 8.32. The van der Waals surface area contributed by atoms with Crippen molar-refractivity contribution in [2.45, 2.75) is 0 Å². The molecule has 0 N–H and O–H groups in total. The number of nitrogens with zero attached hydrogens (tertiary/aromatic N) is 1. The van der Waals surface area contributed by atoms with E-state index in [-0.39, 0.29) is 18.1 Å². The van der Waals surface area contributed by atoms with Crippen LogP contribution in [0, 0.1) is 11.3 Å². The van der Waals surface area contributed by atoms with Gasteiger partial charge in [0.1, 0.15) is 17.4 Å². The van der Waals surface area contributed by atoms with Gasteiger partial charge in [-0.2, -0.15) is 5.26 Å². The molecule has 27 heavy (non-hydrogen) atoms. The summed E-state index contributed by atoms with van der Waals surface area (Å²) in [5.74, 6) is 1.53. The van der Waals surface area contributed by atoms with Crippen molar-refractivity contribution in [3.63, 3.8) is 0 Å². The highest BCUT2D eigenvalue weighted by Crippen LogP contribution is 2.33. The Kier molecular flexibility index (Phi) is 4.23. The van der Waals surface area contributed by atoms with Crippen molar-refractivity contribution in [2.24, 2.45) is 0 Å². The monoisotopic (exact) mass is 357 g/mol. The molecule has 0 atom stereocenters. The molecule has 0 spiro atoms. The van der Waals surface area contributed by atoms with Crippen molar-refractivity contribution in [1.29, 1.82) is 5.26 Å². The Morgan fingerprint density at radius 1 is 1.04 bits per heavy atom. The lowest BCUT2D eigenvalue weighted by atomic mass is 10.00. The van der Waals surface area contributed by atoms with Crippen LogP contribution in [0.3, 0.4) is 0 Å². The van der Waals surface area contributed by atoms with Crippen LogP contribution in [0.25, 0.3) is 16.8 Å². The number of fused-ring (bicyclic) bond motifs is 2. The third-order valence-electron chi connectivity index (χ3n) is 4.38. The number of ketones is 1. The van der Waals surface area contributed by atoms with Gasteiger partial charge in [0.05, 0.1) is 7.11 Å². The van der Waals surface area contributed by atoms with E-state index < -0.39 is 0 Å². The normalized spacial score (nSPS) is 12.7. The smallest absolute Gasteiger partial charge is 0.231 e. The summed E-state index contributed by atoms with van der Waals surface area (Å²) < 4.78 is 15.8. The number of methoxy groups -OCH3 is 1. The zero-order valence-corrected chi connectivity index (χ0v) is 14.6. The molecule has 3 aromatic carbocycles. The van der Waals surface area contributed by atoms with Gasteiger partial charge in [-0.3, -0.25) is 4.79 Å². The zero-order chi connectivity index (χ0) is 18.8. The number of allylic oxidation sites excluding steroid dienone is 1. The van der Waals surface area contributed by atoms with E-state index in [9.17, 15) is 10.1 Å². The minimum atomic E-state index is -0.356. The van der Waals surface area contributed by atoms with Gasteiger partial charge < -0.3 is 14.2 Å². The lowest BCUT2D eigenvalue weighted by molar-refractivity contribution is 0.103. The summed E-state index contributed by atoms with van der Waals surface area (Å²) in [7, 11) is 1.62. The molecular weight excluding hydrogens is 342 g/mol. The maximum absolute atomic E-state index is 12.7. The van der Waals surface area contributed by atoms with Crippen LogP contribution in [0.4, 0.5) is 0 Å². The van der Waals surface area contributed by atoms with E-state index in [0.717, 1.165) is 22.1 Å². The molecule has 1 aliphatic heterocycles. The van der Waals surface area contributed by atoms with Crippen molar-refractivity contribution in [2.75, 3.05) is 13.9 Å². The Morgan fingerprint density at radius 2 is 1.81 bits per heavy atom. The lowest BCUT2D eigenvalue weighted by Crippen LogP contribution is -2.02. The van der Waals surface area contributed by atoms with Crippen LogP contribution in [0.5, 0.6) is 17.2 Å². The Balaban J connectivity index is 1.67. The summed E-state index contributed by atoms with van der Waals surface area (Å²) >= 11 is 0. The molecular formula is C22H15NO4. The van der Waals surface area contributed by atoms with E-state index in [2.05, 4.69) is 0 Å². The molecule has 0 bridgehead atoms. The summed E-state index contributed by atoms with van der Waals surface area (Å²) in [6.07, 6.45) is 1.59. The molecule has 0 radical (unpaired) electrons. The van der Waals surface area contributed by atoms with Crippen LogP contribution < -0.4 is 14.2 Å². The van der Waals surface area contributed by atoms with Crippen molar-refractivity contribution >= 4 is 22.6 Å². The number of carbonyl (C=O) groups is 1. The average Bonchev–Trinajstić information content (AvgIpc) is 3.18. The third kappa shape index (κ3) is 3.21. The van der Waals surface area contributed by atoms with E-state index in [1.165, 1.54) is 0 Å². The number of Topliss-reactive ketones (excluding diaryl/α,β-unsaturated/α-hetero) is 1. The van der Waals surface area contributed by atoms with Crippen LogP contribution in [0.1, 0.15) is 15.9 Å². The molecule has 0 unspecified atom stereocenters. The summed E-state index contributed by atoms with van der Waals surface area (Å²) in [5.41, 5.74) is 1.22. The highest BCUT2D eigenvalue weighted by Gasteiger charge is 2.18. The van der Waals surface area contributed by atoms with Crippen LogP contribution in [0.2, 0.25) is 0 Å². The Hall–Kier alpha value is -3.78. The van der Waals surface area contributed by atoms with Gasteiger partial charge in [0, 0.05) is 5.56 Å². The molecule has 3 aromatic rings. The molecule has 132 valence electrons. The maximum Gasteiger partial charge on any atom is 0.231 e. The molecule has 0 aromatic heterocycles. The number of nitriles is 1. The van der Waals surface area contributed by atoms with Crippen molar-refractivity contribution in [3.8, 4) is 23.3 Å². The van der Waals surface area contributed by atoms with Gasteiger partial charge in [-0.05, 0) is 58.8 Å². The number of ether oxygens (including phenoxy) is 3. The number of benzene rings is 3. The molecule has 0 saturated carbocycles. The van der Waals surface area contributed by atoms with Gasteiger partial charge in [-0.1, -0.05) is 18.2 Å². The number of hydrogen-bond acceptors (Lipinski definition) is 5. The van der Waals surface area contributed by atoms with Crippen LogP contribution in [-0.2, 0) is 0 Å². The summed E-state index contributed by atoms with van der Waals surface area (Å²) in [6, 6.07) is 18.4. The van der Waals surface area contributed by atoms with Gasteiger partial charge >= 0.3 is 0 Å². The fraction of sp³-hybridized carbons (Fsp3) is 0.0909.